The van der Waals surface area contributed by atoms with Gasteiger partial charge in [0, 0.05) is 63.3 Å². The summed E-state index contributed by atoms with van der Waals surface area (Å²) in [6.45, 7) is 3.47. The van der Waals surface area contributed by atoms with Gasteiger partial charge in [0.05, 0.1) is 22.8 Å². The van der Waals surface area contributed by atoms with Crippen LogP contribution in [0.4, 0.5) is 14.5 Å². The molecule has 2 saturated carbocycles. The quantitative estimate of drug-likeness (QED) is 0.118. The molecule has 0 radical (unpaired) electrons. The average Bonchev–Trinajstić information content (AvgIpc) is 3.69. The highest BCUT2D eigenvalue weighted by Gasteiger charge is 2.36. The number of aromatic nitrogens is 6. The topological polar surface area (TPSA) is 157 Å². The van der Waals surface area contributed by atoms with E-state index in [9.17, 15) is 28.0 Å². The first-order valence-corrected chi connectivity index (χ1v) is 22.4. The number of rotatable bonds is 14. The van der Waals surface area contributed by atoms with Crippen molar-refractivity contribution in [1.29, 1.82) is 0 Å². The molecule has 0 spiro atoms. The van der Waals surface area contributed by atoms with Crippen LogP contribution in [0, 0.1) is 11.8 Å². The number of nitrogens with one attached hydrogen (secondary N) is 1. The maximum absolute atomic E-state index is 14.2. The number of likely N-dealkylation sites (tertiary alicyclic amines) is 2. The number of halogens is 2. The first kappa shape index (κ1) is 42.7. The van der Waals surface area contributed by atoms with E-state index in [0.717, 1.165) is 98.6 Å². The predicted molar refractivity (Wildman–Crippen MR) is 231 cm³/mol. The molecule has 15 nitrogen and oxygen atoms in total. The van der Waals surface area contributed by atoms with Crippen molar-refractivity contribution in [2.45, 2.75) is 108 Å². The number of imidazole rings is 1. The Morgan fingerprint density at radius 3 is 2.49 bits per heavy atom. The van der Waals surface area contributed by atoms with Crippen LogP contribution < -0.4 is 11.0 Å². The number of carbonyl (C=O) groups is 3. The molecule has 334 valence electrons. The highest BCUT2D eigenvalue weighted by Crippen LogP contribution is 2.37. The number of likely N-dealkylation sites (N-methyl/N-ethyl adjacent to an activating group) is 1. The Hall–Kier alpha value is -5.55. The summed E-state index contributed by atoms with van der Waals surface area (Å²) in [4.78, 5) is 66.8. The van der Waals surface area contributed by atoms with Gasteiger partial charge in [0.25, 0.3) is 18.2 Å². The number of alkyl halides is 2. The van der Waals surface area contributed by atoms with Gasteiger partial charge in [-0.05, 0) is 114 Å². The zero-order valence-corrected chi connectivity index (χ0v) is 36.2. The molecule has 2 aliphatic heterocycles. The van der Waals surface area contributed by atoms with Gasteiger partial charge in [-0.2, -0.15) is 5.10 Å². The minimum atomic E-state index is -2.86. The molecule has 2 saturated heterocycles. The van der Waals surface area contributed by atoms with Gasteiger partial charge in [-0.3, -0.25) is 43.0 Å². The monoisotopic (exact) mass is 866 g/mol. The number of benzene rings is 1. The van der Waals surface area contributed by atoms with Crippen LogP contribution in [0.3, 0.4) is 0 Å². The molecule has 1 atom stereocenters. The number of oxazole rings is 1. The number of anilines is 1. The molecule has 17 heteroatoms. The number of nitrogens with zero attached hydrogens (tertiary/aromatic N) is 9. The molecule has 1 aromatic carbocycles. The zero-order valence-electron chi connectivity index (χ0n) is 36.2. The second kappa shape index (κ2) is 17.9. The predicted octanol–water partition coefficient (Wildman–Crippen LogP) is 6.77. The Morgan fingerprint density at radius 1 is 0.984 bits per heavy atom. The fourth-order valence-electron chi connectivity index (χ4n) is 10.0. The summed E-state index contributed by atoms with van der Waals surface area (Å²) >= 11 is 0. The maximum Gasteiger partial charge on any atom is 0.329 e. The van der Waals surface area contributed by atoms with Crippen molar-refractivity contribution < 1.29 is 27.6 Å². The molecule has 4 fully saturated rings. The largest absolute Gasteiger partial charge is 0.444 e. The molecular formula is C46H56F2N10O5. The van der Waals surface area contributed by atoms with Crippen LogP contribution in [0.15, 0.2) is 58.2 Å². The minimum Gasteiger partial charge on any atom is -0.444 e. The van der Waals surface area contributed by atoms with Gasteiger partial charge < -0.3 is 14.6 Å². The van der Waals surface area contributed by atoms with E-state index < -0.39 is 24.1 Å². The summed E-state index contributed by atoms with van der Waals surface area (Å²) in [5.74, 6) is 0.303. The number of carbonyl (C=O) groups excluding carboxylic acids is 3. The fourth-order valence-corrected chi connectivity index (χ4v) is 10.0. The molecule has 1 N–H and O–H groups in total. The van der Waals surface area contributed by atoms with Crippen molar-refractivity contribution in [3.63, 3.8) is 0 Å². The highest BCUT2D eigenvalue weighted by molar-refractivity contribution is 6.03. The third kappa shape index (κ3) is 8.99. The van der Waals surface area contributed by atoms with Crippen LogP contribution in [-0.4, -0.2) is 101 Å². The van der Waals surface area contributed by atoms with Gasteiger partial charge in [-0.15, -0.1) is 0 Å². The average molecular weight is 867 g/mol. The number of hydrogen-bond acceptors (Lipinski definition) is 10. The molecule has 63 heavy (non-hydrogen) atoms. The highest BCUT2D eigenvalue weighted by atomic mass is 19.3. The first-order valence-electron chi connectivity index (χ1n) is 22.4. The number of hydrogen-bond donors (Lipinski definition) is 1. The number of piperidine rings is 2. The van der Waals surface area contributed by atoms with E-state index in [2.05, 4.69) is 43.3 Å². The summed E-state index contributed by atoms with van der Waals surface area (Å²) in [6, 6.07) is 9.25. The smallest absolute Gasteiger partial charge is 0.329 e. The lowest BCUT2D eigenvalue weighted by Crippen LogP contribution is -2.45. The standard InChI is InChI=1S/C46H56F2N10O5/c1-53(33-18-21-56(22-19-33)25-31-5-4-6-37-41(31)55(3)46(62)58(37)38-15-16-39(59)54(2)45(38)61)24-29-10-13-34(14-11-29)57-26-35(40(52-57)42(47)48)50-43(60)36-27-63-44(51-36)30-17-20-49-32(23-30)12-9-28-7-8-28/h4-6,17,20,23,26-29,33-34,38,42H,7-16,18-19,21-22,24-25H2,1-3H3,(H,50,60). The molecule has 4 aliphatic rings. The summed E-state index contributed by atoms with van der Waals surface area (Å²) in [7, 11) is 5.43. The second-order valence-electron chi connectivity index (χ2n) is 18.2. The number of imide groups is 1. The summed E-state index contributed by atoms with van der Waals surface area (Å²) < 4.78 is 38.9. The Bertz CT molecular complexity index is 2540. The van der Waals surface area contributed by atoms with Gasteiger partial charge in [0.1, 0.15) is 12.3 Å². The molecule has 6 heterocycles. The van der Waals surface area contributed by atoms with Crippen molar-refractivity contribution in [1.82, 2.24) is 43.6 Å². The van der Waals surface area contributed by atoms with Crippen molar-refractivity contribution in [3.8, 4) is 11.5 Å². The molecule has 0 bridgehead atoms. The van der Waals surface area contributed by atoms with Crippen LogP contribution in [0.5, 0.6) is 0 Å². The maximum atomic E-state index is 14.2. The van der Waals surface area contributed by atoms with Crippen LogP contribution in [0.2, 0.25) is 0 Å². The minimum absolute atomic E-state index is 0.00931. The van der Waals surface area contributed by atoms with E-state index in [1.54, 1.807) is 33.1 Å². The fraction of sp³-hybridized carbons (Fsp3) is 0.543. The molecule has 9 rings (SSSR count). The molecule has 3 amide bonds. The van der Waals surface area contributed by atoms with Crippen LogP contribution in [0.25, 0.3) is 22.5 Å². The normalized spacial score (nSPS) is 21.6. The van der Waals surface area contributed by atoms with E-state index >= 15 is 0 Å². The van der Waals surface area contributed by atoms with Gasteiger partial charge in [0.15, 0.2) is 11.4 Å². The number of fused-ring (bicyclic) bond motifs is 1. The summed E-state index contributed by atoms with van der Waals surface area (Å²) in [6.07, 6.45) is 12.2. The Kier molecular flexibility index (Phi) is 12.1. The van der Waals surface area contributed by atoms with Crippen molar-refractivity contribution in [2.24, 2.45) is 18.9 Å². The SMILES string of the molecule is CN1C(=O)CCC(n2c(=O)n(C)c3c(CN4CCC(N(C)CC5CCC(n6cc(NC(=O)c7coc(-c8ccnc(CCC9CC9)c8)n7)c(C(F)F)n6)CC5)CC4)cccc32)C1=O. The lowest BCUT2D eigenvalue weighted by molar-refractivity contribution is -0.149. The first-order chi connectivity index (χ1) is 30.4. The van der Waals surface area contributed by atoms with E-state index in [4.69, 9.17) is 4.42 Å². The van der Waals surface area contributed by atoms with E-state index in [1.165, 1.54) is 32.3 Å². The zero-order chi connectivity index (χ0) is 43.9. The Labute approximate surface area is 364 Å². The van der Waals surface area contributed by atoms with E-state index in [-0.39, 0.29) is 47.2 Å². The third-order valence-electron chi connectivity index (χ3n) is 14.0. The van der Waals surface area contributed by atoms with Gasteiger partial charge in [-0.25, -0.2) is 18.6 Å². The van der Waals surface area contributed by atoms with Gasteiger partial charge in [-0.1, -0.05) is 25.0 Å². The Balaban J connectivity index is 0.761. The number of aryl methyl sites for hydroxylation is 2. The van der Waals surface area contributed by atoms with Crippen molar-refractivity contribution in [3.05, 3.63) is 82.1 Å². The second-order valence-corrected chi connectivity index (χ2v) is 18.2. The van der Waals surface area contributed by atoms with Gasteiger partial charge >= 0.3 is 5.69 Å². The lowest BCUT2D eigenvalue weighted by Gasteiger charge is -2.39. The Morgan fingerprint density at radius 2 is 1.75 bits per heavy atom. The number of pyridine rings is 1. The van der Waals surface area contributed by atoms with Crippen molar-refractivity contribution >= 4 is 34.4 Å². The molecule has 5 aromatic rings. The summed E-state index contributed by atoms with van der Waals surface area (Å²) in [5, 5.41) is 6.89. The molecule has 4 aromatic heterocycles. The number of para-hydroxylation sites is 1. The van der Waals surface area contributed by atoms with Gasteiger partial charge in [0.2, 0.25) is 11.8 Å². The lowest BCUT2D eigenvalue weighted by atomic mass is 9.85. The van der Waals surface area contributed by atoms with E-state index in [1.807, 2.05) is 18.2 Å². The van der Waals surface area contributed by atoms with Crippen molar-refractivity contribution in [2.75, 3.05) is 39.0 Å². The number of amides is 3. The summed E-state index contributed by atoms with van der Waals surface area (Å²) in [5.41, 5.74) is 3.46. The third-order valence-corrected chi connectivity index (χ3v) is 14.0. The van der Waals surface area contributed by atoms with Crippen LogP contribution in [-0.2, 0) is 29.6 Å². The molecule has 1 unspecified atom stereocenters. The molecular weight excluding hydrogens is 811 g/mol. The van der Waals surface area contributed by atoms with E-state index in [0.29, 0.717) is 36.0 Å². The van der Waals surface area contributed by atoms with Crippen LogP contribution in [0.1, 0.15) is 117 Å². The molecule has 2 aliphatic carbocycles. The van der Waals surface area contributed by atoms with Crippen LogP contribution >= 0.6 is 0 Å².